The second-order valence-electron chi connectivity index (χ2n) is 3.87. The highest BCUT2D eigenvalue weighted by Crippen LogP contribution is 2.21. The van der Waals surface area contributed by atoms with Crippen LogP contribution in [0.15, 0.2) is 24.3 Å². The molecule has 0 aliphatic rings. The fraction of sp³-hybridized carbons (Fsp3) is 0.417. The van der Waals surface area contributed by atoms with Crippen LogP contribution in [0.25, 0.3) is 0 Å². The lowest BCUT2D eigenvalue weighted by molar-refractivity contribution is -0.118. The topological polar surface area (TPSA) is 72.4 Å². The van der Waals surface area contributed by atoms with Crippen LogP contribution >= 0.6 is 0 Å². The van der Waals surface area contributed by atoms with Crippen molar-refractivity contribution in [1.29, 1.82) is 0 Å². The third-order valence-corrected chi connectivity index (χ3v) is 2.64. The van der Waals surface area contributed by atoms with Crippen molar-refractivity contribution in [3.63, 3.8) is 0 Å². The molecule has 0 aliphatic heterocycles. The van der Waals surface area contributed by atoms with Crippen LogP contribution in [-0.4, -0.2) is 25.0 Å². The summed E-state index contributed by atoms with van der Waals surface area (Å²) >= 11 is 0. The lowest BCUT2D eigenvalue weighted by atomic mass is 10.2. The molecule has 0 bridgehead atoms. The van der Waals surface area contributed by atoms with Gasteiger partial charge in [-0.05, 0) is 32.0 Å². The maximum Gasteiger partial charge on any atom is 0.239 e. The Morgan fingerprint density at radius 3 is 2.65 bits per heavy atom. The Kier molecular flexibility index (Phi) is 4.90. The summed E-state index contributed by atoms with van der Waals surface area (Å²) in [4.78, 5) is 12.9. The smallest absolute Gasteiger partial charge is 0.239 e. The first-order valence-corrected chi connectivity index (χ1v) is 5.58. The van der Waals surface area contributed by atoms with Gasteiger partial charge >= 0.3 is 0 Å². The second-order valence-corrected chi connectivity index (χ2v) is 3.87. The quantitative estimate of drug-likeness (QED) is 0.773. The van der Waals surface area contributed by atoms with Crippen molar-refractivity contribution in [1.82, 2.24) is 0 Å². The zero-order valence-electron chi connectivity index (χ0n) is 9.90. The minimum Gasteiger partial charge on any atom is -0.368 e. The van der Waals surface area contributed by atoms with Crippen LogP contribution in [0.3, 0.4) is 0 Å². The van der Waals surface area contributed by atoms with Crippen LogP contribution in [-0.2, 0) is 4.79 Å². The third-order valence-electron chi connectivity index (χ3n) is 2.64. The number of halogens is 1. The van der Waals surface area contributed by atoms with E-state index in [1.54, 1.807) is 30.0 Å². The van der Waals surface area contributed by atoms with Crippen molar-refractivity contribution in [3.8, 4) is 0 Å². The molecule has 0 heterocycles. The fourth-order valence-corrected chi connectivity index (χ4v) is 1.62. The third kappa shape index (κ3) is 3.42. The van der Waals surface area contributed by atoms with Crippen LogP contribution in [0.4, 0.5) is 10.1 Å². The van der Waals surface area contributed by atoms with Gasteiger partial charge in [-0.3, -0.25) is 4.79 Å². The van der Waals surface area contributed by atoms with Gasteiger partial charge in [-0.15, -0.1) is 0 Å². The number of primary amides is 1. The highest BCUT2D eigenvalue weighted by Gasteiger charge is 2.21. The summed E-state index contributed by atoms with van der Waals surface area (Å²) in [6.07, 6.45) is 0.673. The highest BCUT2D eigenvalue weighted by molar-refractivity contribution is 5.83. The average Bonchev–Trinajstić information content (AvgIpc) is 2.31. The molecule has 94 valence electrons. The van der Waals surface area contributed by atoms with Gasteiger partial charge in [0.15, 0.2) is 0 Å². The fourth-order valence-electron chi connectivity index (χ4n) is 1.62. The lowest BCUT2D eigenvalue weighted by Gasteiger charge is -2.29. The zero-order chi connectivity index (χ0) is 12.8. The molecule has 1 rings (SSSR count). The Morgan fingerprint density at radius 1 is 1.47 bits per heavy atom. The van der Waals surface area contributed by atoms with Gasteiger partial charge in [0.05, 0.1) is 5.69 Å². The molecule has 0 saturated heterocycles. The molecule has 1 aromatic rings. The number of benzene rings is 1. The second kappa shape index (κ2) is 6.20. The van der Waals surface area contributed by atoms with E-state index >= 15 is 0 Å². The number of para-hydroxylation sites is 1. The van der Waals surface area contributed by atoms with Crippen LogP contribution in [0, 0.1) is 5.82 Å². The summed E-state index contributed by atoms with van der Waals surface area (Å²) in [5.74, 6) is -0.845. The van der Waals surface area contributed by atoms with Gasteiger partial charge in [-0.1, -0.05) is 12.1 Å². The van der Waals surface area contributed by atoms with E-state index in [-0.39, 0.29) is 5.82 Å². The number of hydrogen-bond donors (Lipinski definition) is 2. The maximum absolute atomic E-state index is 13.7. The van der Waals surface area contributed by atoms with E-state index < -0.39 is 11.9 Å². The highest BCUT2D eigenvalue weighted by atomic mass is 19.1. The first-order valence-electron chi connectivity index (χ1n) is 5.58. The number of carbonyl (C=O) groups is 1. The van der Waals surface area contributed by atoms with Crippen LogP contribution < -0.4 is 16.4 Å². The van der Waals surface area contributed by atoms with Crippen molar-refractivity contribution < 1.29 is 9.18 Å². The molecule has 1 atom stereocenters. The summed E-state index contributed by atoms with van der Waals surface area (Å²) in [5.41, 5.74) is 11.1. The molecule has 0 fully saturated rings. The van der Waals surface area contributed by atoms with Crippen molar-refractivity contribution >= 4 is 11.6 Å². The molecule has 1 amide bonds. The lowest BCUT2D eigenvalue weighted by Crippen LogP contribution is -2.44. The maximum atomic E-state index is 13.7. The largest absolute Gasteiger partial charge is 0.368 e. The van der Waals surface area contributed by atoms with Crippen LogP contribution in [0.2, 0.25) is 0 Å². The number of amides is 1. The minimum atomic E-state index is -0.557. The van der Waals surface area contributed by atoms with Gasteiger partial charge in [0, 0.05) is 6.54 Å². The SMILES string of the molecule is CC(C(N)=O)N(CCCN)c1ccccc1F. The van der Waals surface area contributed by atoms with Gasteiger partial charge in [-0.25, -0.2) is 4.39 Å². The molecular formula is C12H18FN3O. The molecular weight excluding hydrogens is 221 g/mol. The van der Waals surface area contributed by atoms with E-state index in [4.69, 9.17) is 11.5 Å². The Balaban J connectivity index is 2.97. The molecule has 0 aromatic heterocycles. The summed E-state index contributed by atoms with van der Waals surface area (Å²) < 4.78 is 13.7. The van der Waals surface area contributed by atoms with E-state index in [0.29, 0.717) is 25.2 Å². The molecule has 4 nitrogen and oxygen atoms in total. The Morgan fingerprint density at radius 2 is 2.12 bits per heavy atom. The molecule has 0 saturated carbocycles. The molecule has 17 heavy (non-hydrogen) atoms. The Bertz CT molecular complexity index is 384. The van der Waals surface area contributed by atoms with Gasteiger partial charge in [0.2, 0.25) is 5.91 Å². The zero-order valence-corrected chi connectivity index (χ0v) is 9.90. The summed E-state index contributed by atoms with van der Waals surface area (Å²) in [5, 5.41) is 0. The number of carbonyl (C=O) groups excluding carboxylic acids is 1. The molecule has 1 unspecified atom stereocenters. The molecule has 0 spiro atoms. The van der Waals surface area contributed by atoms with E-state index in [1.165, 1.54) is 6.07 Å². The van der Waals surface area contributed by atoms with Gasteiger partial charge < -0.3 is 16.4 Å². The normalized spacial score (nSPS) is 12.2. The summed E-state index contributed by atoms with van der Waals surface area (Å²) in [6.45, 7) is 2.64. The Hall–Kier alpha value is -1.62. The number of hydrogen-bond acceptors (Lipinski definition) is 3. The van der Waals surface area contributed by atoms with E-state index in [0.717, 1.165) is 0 Å². The first-order chi connectivity index (χ1) is 8.07. The first kappa shape index (κ1) is 13.4. The molecule has 5 heteroatoms. The number of anilines is 1. The van der Waals surface area contributed by atoms with Crippen LogP contribution in [0.1, 0.15) is 13.3 Å². The summed E-state index contributed by atoms with van der Waals surface area (Å²) in [7, 11) is 0. The van der Waals surface area contributed by atoms with Gasteiger partial charge in [0.1, 0.15) is 11.9 Å². The molecule has 0 radical (unpaired) electrons. The predicted octanol–water partition coefficient (Wildman–Crippen LogP) is 0.855. The molecule has 4 N–H and O–H groups in total. The number of nitrogens with two attached hydrogens (primary N) is 2. The standard InChI is InChI=1S/C12H18FN3O/c1-9(12(15)17)16(8-4-7-14)11-6-3-2-5-10(11)13/h2-3,5-6,9H,4,7-8,14H2,1H3,(H2,15,17). The van der Waals surface area contributed by atoms with Gasteiger partial charge in [-0.2, -0.15) is 0 Å². The van der Waals surface area contributed by atoms with E-state index in [9.17, 15) is 9.18 Å². The number of nitrogens with zero attached hydrogens (tertiary/aromatic N) is 1. The summed E-state index contributed by atoms with van der Waals surface area (Å²) in [6, 6.07) is 5.76. The predicted molar refractivity (Wildman–Crippen MR) is 66.1 cm³/mol. The minimum absolute atomic E-state index is 0.363. The van der Waals surface area contributed by atoms with E-state index in [1.807, 2.05) is 0 Å². The number of rotatable bonds is 6. The van der Waals surface area contributed by atoms with Crippen LogP contribution in [0.5, 0.6) is 0 Å². The molecule has 1 aromatic carbocycles. The van der Waals surface area contributed by atoms with Crippen molar-refractivity contribution in [2.24, 2.45) is 11.5 Å². The van der Waals surface area contributed by atoms with E-state index in [2.05, 4.69) is 0 Å². The monoisotopic (exact) mass is 239 g/mol. The van der Waals surface area contributed by atoms with Crippen molar-refractivity contribution in [3.05, 3.63) is 30.1 Å². The van der Waals surface area contributed by atoms with Crippen molar-refractivity contribution in [2.75, 3.05) is 18.0 Å². The average molecular weight is 239 g/mol. The molecule has 0 aliphatic carbocycles. The van der Waals surface area contributed by atoms with Gasteiger partial charge in [0.25, 0.3) is 0 Å². The Labute approximate surface area is 100 Å². The van der Waals surface area contributed by atoms with Crippen molar-refractivity contribution in [2.45, 2.75) is 19.4 Å².